The highest BCUT2D eigenvalue weighted by atomic mass is 16.3. The number of rotatable bonds is 11. The molecule has 34 heavy (non-hydrogen) atoms. The Morgan fingerprint density at radius 1 is 0.824 bits per heavy atom. The van der Waals surface area contributed by atoms with Gasteiger partial charge in [0.05, 0.1) is 12.8 Å². The number of carbonyl (C=O) groups excluding carboxylic acids is 3. The van der Waals surface area contributed by atoms with E-state index >= 15 is 0 Å². The smallest absolute Gasteiger partial charge is 0.291 e. The number of hydrogen-bond donors (Lipinski definition) is 3. The first-order chi connectivity index (χ1) is 16.5. The Kier molecular flexibility index (Phi) is 8.85. The van der Waals surface area contributed by atoms with Crippen molar-refractivity contribution in [3.63, 3.8) is 0 Å². The fraction of sp³-hybridized carbons (Fsp3) is 0.269. The van der Waals surface area contributed by atoms with Gasteiger partial charge < -0.3 is 25.3 Å². The third kappa shape index (κ3) is 6.96. The summed E-state index contributed by atoms with van der Waals surface area (Å²) in [6.45, 7) is 5.56. The van der Waals surface area contributed by atoms with Crippen molar-refractivity contribution in [1.82, 2.24) is 4.90 Å². The van der Waals surface area contributed by atoms with E-state index in [0.717, 1.165) is 12.8 Å². The summed E-state index contributed by atoms with van der Waals surface area (Å²) in [4.78, 5) is 39.3. The number of furan rings is 1. The highest BCUT2D eigenvalue weighted by Crippen LogP contribution is 2.17. The van der Waals surface area contributed by atoms with Gasteiger partial charge in [-0.25, -0.2) is 0 Å². The van der Waals surface area contributed by atoms with E-state index in [9.17, 15) is 14.4 Å². The molecule has 0 fully saturated rings. The topological polar surface area (TPSA) is 104 Å². The molecule has 3 amide bonds. The second-order valence-corrected chi connectivity index (χ2v) is 7.79. The number of nitrogens with one attached hydrogen (secondary N) is 3. The first-order valence-corrected chi connectivity index (χ1v) is 11.4. The van der Waals surface area contributed by atoms with Gasteiger partial charge in [0.2, 0.25) is 5.91 Å². The Labute approximate surface area is 199 Å². The van der Waals surface area contributed by atoms with Crippen molar-refractivity contribution in [2.24, 2.45) is 0 Å². The number of benzene rings is 2. The minimum absolute atomic E-state index is 0.00906. The SMILES string of the molecule is CCCN(CCC)C(=O)c1cccc(NCC(=O)Nc2cccc(NC(=O)c3ccco3)c2)c1. The lowest BCUT2D eigenvalue weighted by Gasteiger charge is -2.21. The molecule has 0 atom stereocenters. The molecule has 0 unspecified atom stereocenters. The van der Waals surface area contributed by atoms with E-state index < -0.39 is 0 Å². The summed E-state index contributed by atoms with van der Waals surface area (Å²) >= 11 is 0. The number of amides is 3. The van der Waals surface area contributed by atoms with Crippen molar-refractivity contribution in [1.29, 1.82) is 0 Å². The molecule has 178 valence electrons. The lowest BCUT2D eigenvalue weighted by molar-refractivity contribution is -0.114. The molecule has 3 rings (SSSR count). The molecule has 2 aromatic carbocycles. The van der Waals surface area contributed by atoms with E-state index in [0.29, 0.717) is 35.7 Å². The van der Waals surface area contributed by atoms with Crippen molar-refractivity contribution in [3.05, 3.63) is 78.3 Å². The van der Waals surface area contributed by atoms with Crippen LogP contribution in [0.15, 0.2) is 71.3 Å². The van der Waals surface area contributed by atoms with Crippen LogP contribution in [0, 0.1) is 0 Å². The van der Waals surface area contributed by atoms with Crippen molar-refractivity contribution < 1.29 is 18.8 Å². The molecule has 0 aliphatic carbocycles. The second-order valence-electron chi connectivity index (χ2n) is 7.79. The molecule has 8 heteroatoms. The van der Waals surface area contributed by atoms with E-state index in [1.165, 1.54) is 6.26 Å². The summed E-state index contributed by atoms with van der Waals surface area (Å²) in [6.07, 6.45) is 3.23. The van der Waals surface area contributed by atoms with Gasteiger partial charge in [-0.3, -0.25) is 14.4 Å². The largest absolute Gasteiger partial charge is 0.459 e. The third-order valence-corrected chi connectivity index (χ3v) is 4.99. The summed E-state index contributed by atoms with van der Waals surface area (Å²) in [5.74, 6) is -0.442. The molecular weight excluding hydrogens is 432 g/mol. The fourth-order valence-electron chi connectivity index (χ4n) is 3.46. The maximum atomic E-state index is 12.8. The van der Waals surface area contributed by atoms with Crippen LogP contribution in [0.4, 0.5) is 17.1 Å². The molecule has 0 bridgehead atoms. The Hall–Kier alpha value is -4.07. The molecule has 8 nitrogen and oxygen atoms in total. The molecular formula is C26H30N4O4. The first kappa shape index (κ1) is 24.6. The van der Waals surface area contributed by atoms with Crippen LogP contribution in [-0.2, 0) is 4.79 Å². The van der Waals surface area contributed by atoms with Crippen LogP contribution < -0.4 is 16.0 Å². The summed E-state index contributed by atoms with van der Waals surface area (Å²) in [5, 5.41) is 8.59. The Morgan fingerprint density at radius 2 is 1.50 bits per heavy atom. The number of carbonyl (C=O) groups is 3. The van der Waals surface area contributed by atoms with Crippen LogP contribution >= 0.6 is 0 Å². The quantitative estimate of drug-likeness (QED) is 0.378. The van der Waals surface area contributed by atoms with Gasteiger partial charge >= 0.3 is 0 Å². The van der Waals surface area contributed by atoms with E-state index in [-0.39, 0.29) is 30.0 Å². The van der Waals surface area contributed by atoms with Crippen molar-refractivity contribution in [2.75, 3.05) is 35.6 Å². The summed E-state index contributed by atoms with van der Waals surface area (Å²) in [6, 6.07) is 17.2. The molecule has 0 radical (unpaired) electrons. The number of hydrogen-bond acceptors (Lipinski definition) is 5. The van der Waals surface area contributed by atoms with Gasteiger partial charge in [-0.05, 0) is 61.4 Å². The molecule has 0 saturated heterocycles. The lowest BCUT2D eigenvalue weighted by Crippen LogP contribution is -2.32. The average Bonchev–Trinajstić information content (AvgIpc) is 3.38. The number of anilines is 3. The predicted molar refractivity (Wildman–Crippen MR) is 133 cm³/mol. The summed E-state index contributed by atoms with van der Waals surface area (Å²) in [7, 11) is 0. The highest BCUT2D eigenvalue weighted by Gasteiger charge is 2.15. The van der Waals surface area contributed by atoms with Crippen molar-refractivity contribution in [3.8, 4) is 0 Å². The minimum Gasteiger partial charge on any atom is -0.459 e. The van der Waals surface area contributed by atoms with Gasteiger partial charge in [0.1, 0.15) is 0 Å². The van der Waals surface area contributed by atoms with E-state index in [4.69, 9.17) is 4.42 Å². The zero-order valence-electron chi connectivity index (χ0n) is 19.5. The van der Waals surface area contributed by atoms with Gasteiger partial charge in [0.15, 0.2) is 5.76 Å². The van der Waals surface area contributed by atoms with E-state index in [1.54, 1.807) is 54.6 Å². The molecule has 0 saturated carbocycles. The zero-order valence-corrected chi connectivity index (χ0v) is 19.5. The van der Waals surface area contributed by atoms with Crippen LogP contribution in [0.2, 0.25) is 0 Å². The Balaban J connectivity index is 1.55. The van der Waals surface area contributed by atoms with Crippen LogP contribution in [0.1, 0.15) is 47.6 Å². The second kappa shape index (κ2) is 12.2. The molecule has 3 aromatic rings. The van der Waals surface area contributed by atoms with Crippen LogP contribution in [0.3, 0.4) is 0 Å². The van der Waals surface area contributed by atoms with Gasteiger partial charge in [-0.2, -0.15) is 0 Å². The molecule has 3 N–H and O–H groups in total. The van der Waals surface area contributed by atoms with E-state index in [2.05, 4.69) is 29.8 Å². The fourth-order valence-corrected chi connectivity index (χ4v) is 3.46. The maximum Gasteiger partial charge on any atom is 0.291 e. The van der Waals surface area contributed by atoms with Crippen LogP contribution in [-0.4, -0.2) is 42.3 Å². The molecule has 0 aliphatic rings. The van der Waals surface area contributed by atoms with E-state index in [1.807, 2.05) is 11.0 Å². The molecule has 0 aliphatic heterocycles. The first-order valence-electron chi connectivity index (χ1n) is 11.4. The highest BCUT2D eigenvalue weighted by molar-refractivity contribution is 6.03. The van der Waals surface area contributed by atoms with Crippen LogP contribution in [0.5, 0.6) is 0 Å². The summed E-state index contributed by atoms with van der Waals surface area (Å²) < 4.78 is 5.08. The average molecular weight is 463 g/mol. The Bertz CT molecular complexity index is 1110. The van der Waals surface area contributed by atoms with Gasteiger partial charge in [0, 0.05) is 35.7 Å². The van der Waals surface area contributed by atoms with Crippen molar-refractivity contribution >= 4 is 34.8 Å². The maximum absolute atomic E-state index is 12.8. The normalized spacial score (nSPS) is 10.4. The van der Waals surface area contributed by atoms with Gasteiger partial charge in [-0.1, -0.05) is 26.0 Å². The molecule has 0 spiro atoms. The van der Waals surface area contributed by atoms with Crippen molar-refractivity contribution in [2.45, 2.75) is 26.7 Å². The molecule has 1 aromatic heterocycles. The number of nitrogens with zero attached hydrogens (tertiary/aromatic N) is 1. The van der Waals surface area contributed by atoms with Gasteiger partial charge in [0.25, 0.3) is 11.8 Å². The monoisotopic (exact) mass is 462 g/mol. The zero-order chi connectivity index (χ0) is 24.3. The lowest BCUT2D eigenvalue weighted by atomic mass is 10.1. The van der Waals surface area contributed by atoms with Crippen LogP contribution in [0.25, 0.3) is 0 Å². The molecule has 1 heterocycles. The Morgan fingerprint density at radius 3 is 2.18 bits per heavy atom. The summed E-state index contributed by atoms with van der Waals surface area (Å²) in [5.41, 5.74) is 2.35. The minimum atomic E-state index is -0.374. The predicted octanol–water partition coefficient (Wildman–Crippen LogP) is 4.84. The van der Waals surface area contributed by atoms with Gasteiger partial charge in [-0.15, -0.1) is 0 Å². The standard InChI is InChI=1S/C26H30N4O4/c1-3-13-30(14-4-2)26(33)19-8-5-9-20(16-19)27-18-24(31)28-21-10-6-11-22(17-21)29-25(32)23-12-7-15-34-23/h5-12,15-17,27H,3-4,13-14,18H2,1-2H3,(H,28,31)(H,29,32). The third-order valence-electron chi connectivity index (χ3n) is 4.99.